The Bertz CT molecular complexity index is 578. The Kier molecular flexibility index (Phi) is 3.91. The van der Waals surface area contributed by atoms with Crippen molar-refractivity contribution in [1.82, 2.24) is 4.90 Å². The molecule has 1 aliphatic rings. The van der Waals surface area contributed by atoms with Crippen LogP contribution in [0.2, 0.25) is 0 Å². The predicted molar refractivity (Wildman–Crippen MR) is 83.7 cm³/mol. The summed E-state index contributed by atoms with van der Waals surface area (Å²) in [6.45, 7) is 6.04. The van der Waals surface area contributed by atoms with Crippen LogP contribution in [-0.2, 0) is 4.74 Å². The van der Waals surface area contributed by atoms with Gasteiger partial charge in [-0.1, -0.05) is 0 Å². The number of nitrogens with one attached hydrogen (secondary N) is 1. The maximum Gasteiger partial charge on any atom is 0.262 e. The van der Waals surface area contributed by atoms with Gasteiger partial charge < -0.3 is 16.2 Å². The first-order chi connectivity index (χ1) is 9.81. The molecule has 2 rings (SSSR count). The minimum absolute atomic E-state index is 0.0208. The molecular formula is C15H22N4O2. The summed E-state index contributed by atoms with van der Waals surface area (Å²) in [6.07, 6.45) is 0.670. The van der Waals surface area contributed by atoms with Gasteiger partial charge >= 0.3 is 0 Å². The number of benzene rings is 1. The normalized spacial score (nSPS) is 15.5. The number of nitrogens with two attached hydrogens (primary N) is 2. The van der Waals surface area contributed by atoms with E-state index in [0.717, 1.165) is 11.1 Å². The number of methoxy groups -OCH3 is 1. The third-order valence-corrected chi connectivity index (χ3v) is 4.29. The zero-order valence-corrected chi connectivity index (χ0v) is 12.9. The molecule has 0 fully saturated rings. The molecule has 0 radical (unpaired) electrons. The minimum Gasteiger partial charge on any atom is -0.398 e. The number of hydrogen-bond acceptors (Lipinski definition) is 5. The SMILES string of the molecule is COC(C)CCN1C(=N)c2c(N)c(C)c(C)c(N)c2C1=O. The van der Waals surface area contributed by atoms with E-state index >= 15 is 0 Å². The maximum absolute atomic E-state index is 12.6. The first kappa shape index (κ1) is 15.3. The zero-order valence-electron chi connectivity index (χ0n) is 12.9. The second-order valence-corrected chi connectivity index (χ2v) is 5.47. The molecule has 21 heavy (non-hydrogen) atoms. The van der Waals surface area contributed by atoms with E-state index in [0.29, 0.717) is 35.5 Å². The van der Waals surface area contributed by atoms with E-state index in [9.17, 15) is 4.79 Å². The monoisotopic (exact) mass is 290 g/mol. The number of rotatable bonds is 4. The molecule has 0 aliphatic carbocycles. The fourth-order valence-corrected chi connectivity index (χ4v) is 2.53. The average Bonchev–Trinajstić information content (AvgIpc) is 2.71. The summed E-state index contributed by atoms with van der Waals surface area (Å²) in [4.78, 5) is 14.0. The number of amides is 1. The Morgan fingerprint density at radius 3 is 2.24 bits per heavy atom. The smallest absolute Gasteiger partial charge is 0.262 e. The lowest BCUT2D eigenvalue weighted by atomic mass is 9.96. The van der Waals surface area contributed by atoms with Crippen LogP contribution in [0.15, 0.2) is 0 Å². The molecule has 0 aromatic heterocycles. The minimum atomic E-state index is -0.245. The van der Waals surface area contributed by atoms with Gasteiger partial charge in [-0.25, -0.2) is 0 Å². The van der Waals surface area contributed by atoms with Crippen LogP contribution in [0, 0.1) is 19.3 Å². The number of carbonyl (C=O) groups is 1. The van der Waals surface area contributed by atoms with Crippen LogP contribution in [0.4, 0.5) is 11.4 Å². The van der Waals surface area contributed by atoms with Crippen molar-refractivity contribution in [3.8, 4) is 0 Å². The lowest BCUT2D eigenvalue weighted by Gasteiger charge is -2.18. The van der Waals surface area contributed by atoms with E-state index in [-0.39, 0.29) is 17.8 Å². The first-order valence-corrected chi connectivity index (χ1v) is 6.92. The predicted octanol–water partition coefficient (Wildman–Crippen LogP) is 1.67. The van der Waals surface area contributed by atoms with E-state index in [1.165, 1.54) is 4.90 Å². The highest BCUT2D eigenvalue weighted by molar-refractivity contribution is 6.27. The van der Waals surface area contributed by atoms with Gasteiger partial charge in [0.15, 0.2) is 0 Å². The molecule has 1 heterocycles. The van der Waals surface area contributed by atoms with Crippen molar-refractivity contribution in [2.24, 2.45) is 0 Å². The Morgan fingerprint density at radius 2 is 1.71 bits per heavy atom. The summed E-state index contributed by atoms with van der Waals surface area (Å²) < 4.78 is 5.19. The van der Waals surface area contributed by atoms with Gasteiger partial charge in [0.1, 0.15) is 5.84 Å². The number of carbonyl (C=O) groups excluding carboxylic acids is 1. The summed E-state index contributed by atoms with van der Waals surface area (Å²) in [6, 6.07) is 0. The summed E-state index contributed by atoms with van der Waals surface area (Å²) in [5, 5.41) is 8.25. The number of fused-ring (bicyclic) bond motifs is 1. The molecule has 1 aliphatic heterocycles. The topological polar surface area (TPSA) is 105 Å². The standard InChI is InChI=1S/C15H22N4O2/c1-7(21-4)5-6-19-14(18)10-11(15(19)20)13(17)9(3)8(2)12(10)16/h7,18H,5-6,16-17H2,1-4H3. The van der Waals surface area contributed by atoms with Crippen LogP contribution >= 0.6 is 0 Å². The fraction of sp³-hybridized carbons (Fsp3) is 0.467. The van der Waals surface area contributed by atoms with Crippen LogP contribution in [0.5, 0.6) is 0 Å². The van der Waals surface area contributed by atoms with Crippen molar-refractivity contribution < 1.29 is 9.53 Å². The van der Waals surface area contributed by atoms with Gasteiger partial charge in [0.25, 0.3) is 5.91 Å². The number of anilines is 2. The quantitative estimate of drug-likeness (QED) is 0.733. The number of nitrogen functional groups attached to an aromatic ring is 2. The Balaban J connectivity index is 2.43. The first-order valence-electron chi connectivity index (χ1n) is 6.92. The van der Waals surface area contributed by atoms with Crippen molar-refractivity contribution in [2.45, 2.75) is 33.3 Å². The Labute approximate surface area is 124 Å². The van der Waals surface area contributed by atoms with Gasteiger partial charge in [-0.15, -0.1) is 0 Å². The highest BCUT2D eigenvalue weighted by atomic mass is 16.5. The number of amidine groups is 1. The van der Waals surface area contributed by atoms with Crippen molar-refractivity contribution in [3.05, 3.63) is 22.3 Å². The summed E-state index contributed by atoms with van der Waals surface area (Å²) in [7, 11) is 1.62. The molecule has 0 bridgehead atoms. The van der Waals surface area contributed by atoms with E-state index in [4.69, 9.17) is 21.6 Å². The van der Waals surface area contributed by atoms with Gasteiger partial charge in [0.05, 0.1) is 17.2 Å². The van der Waals surface area contributed by atoms with Gasteiger partial charge in [0.2, 0.25) is 0 Å². The molecule has 1 aromatic carbocycles. The van der Waals surface area contributed by atoms with Gasteiger partial charge in [-0.2, -0.15) is 0 Å². The van der Waals surface area contributed by atoms with Crippen molar-refractivity contribution in [1.29, 1.82) is 5.41 Å². The Hall–Kier alpha value is -2.08. The lowest BCUT2D eigenvalue weighted by Crippen LogP contribution is -2.32. The largest absolute Gasteiger partial charge is 0.398 e. The van der Waals surface area contributed by atoms with E-state index in [1.54, 1.807) is 7.11 Å². The highest BCUT2D eigenvalue weighted by Gasteiger charge is 2.37. The number of nitrogens with zero attached hydrogens (tertiary/aromatic N) is 1. The van der Waals surface area contributed by atoms with Gasteiger partial charge in [-0.3, -0.25) is 15.1 Å². The van der Waals surface area contributed by atoms with E-state index in [2.05, 4.69) is 0 Å². The maximum atomic E-state index is 12.6. The van der Waals surface area contributed by atoms with Crippen LogP contribution < -0.4 is 11.5 Å². The Morgan fingerprint density at radius 1 is 1.19 bits per heavy atom. The third-order valence-electron chi connectivity index (χ3n) is 4.29. The van der Waals surface area contributed by atoms with Crippen LogP contribution in [0.25, 0.3) is 0 Å². The van der Waals surface area contributed by atoms with Crippen LogP contribution in [0.3, 0.4) is 0 Å². The second-order valence-electron chi connectivity index (χ2n) is 5.47. The van der Waals surface area contributed by atoms with E-state index < -0.39 is 0 Å². The molecule has 6 nitrogen and oxygen atoms in total. The molecular weight excluding hydrogens is 268 g/mol. The summed E-state index contributed by atoms with van der Waals surface area (Å²) in [5.74, 6) is -0.115. The molecule has 1 unspecified atom stereocenters. The molecule has 0 saturated carbocycles. The average molecular weight is 290 g/mol. The van der Waals surface area contributed by atoms with Crippen molar-refractivity contribution in [3.63, 3.8) is 0 Å². The van der Waals surface area contributed by atoms with Gasteiger partial charge in [0, 0.05) is 25.0 Å². The number of hydrogen-bond donors (Lipinski definition) is 3. The highest BCUT2D eigenvalue weighted by Crippen LogP contribution is 2.37. The molecule has 1 aromatic rings. The molecule has 0 spiro atoms. The van der Waals surface area contributed by atoms with Crippen LogP contribution in [0.1, 0.15) is 40.4 Å². The molecule has 1 atom stereocenters. The van der Waals surface area contributed by atoms with Crippen molar-refractivity contribution in [2.75, 3.05) is 25.1 Å². The molecule has 5 N–H and O–H groups in total. The van der Waals surface area contributed by atoms with Crippen LogP contribution in [-0.4, -0.2) is 36.4 Å². The van der Waals surface area contributed by atoms with E-state index in [1.807, 2.05) is 20.8 Å². The zero-order chi connectivity index (χ0) is 15.9. The lowest BCUT2D eigenvalue weighted by molar-refractivity contribution is 0.0799. The van der Waals surface area contributed by atoms with Gasteiger partial charge in [-0.05, 0) is 38.3 Å². The fourth-order valence-electron chi connectivity index (χ4n) is 2.53. The molecule has 0 saturated heterocycles. The second kappa shape index (κ2) is 5.37. The summed E-state index contributed by atoms with van der Waals surface area (Å²) >= 11 is 0. The van der Waals surface area contributed by atoms with Crippen molar-refractivity contribution >= 4 is 23.1 Å². The molecule has 1 amide bonds. The third kappa shape index (κ3) is 2.25. The molecule has 6 heteroatoms. The number of ether oxygens (including phenoxy) is 1. The summed E-state index contributed by atoms with van der Waals surface area (Å²) in [5.41, 5.74) is 15.5. The molecule has 114 valence electrons.